The monoisotopic (exact) mass is 476 g/mol. The number of amides is 1. The normalized spacial score (nSPS) is 15.0. The predicted octanol–water partition coefficient (Wildman–Crippen LogP) is 3.22. The Kier molecular flexibility index (Phi) is 7.31. The third-order valence-electron chi connectivity index (χ3n) is 4.43. The minimum absolute atomic E-state index is 0.0270. The van der Waals surface area contributed by atoms with Crippen LogP contribution in [0, 0.1) is 0 Å². The van der Waals surface area contributed by atoms with Crippen LogP contribution in [0.25, 0.3) is 0 Å². The Labute approximate surface area is 182 Å². The van der Waals surface area contributed by atoms with E-state index in [0.717, 1.165) is 0 Å². The minimum atomic E-state index is -3.83. The standard InChI is InChI=1S/C19H19ClF2N2O6S/c1-28-16-5-3-13(31(26,27)24-6-8-29-9-7-24)11-14(16)18(25)23-12-2-4-17(15(20)10-12)30-19(21)22/h2-5,10-11,19H,6-9H2,1H3,(H,23,25). The number of anilines is 1. The van der Waals surface area contributed by atoms with Crippen molar-refractivity contribution in [2.45, 2.75) is 11.5 Å². The molecule has 3 rings (SSSR count). The molecule has 1 fully saturated rings. The van der Waals surface area contributed by atoms with Crippen molar-refractivity contribution in [1.82, 2.24) is 4.31 Å². The molecular weight excluding hydrogens is 458 g/mol. The van der Waals surface area contributed by atoms with E-state index in [4.69, 9.17) is 21.1 Å². The molecule has 8 nitrogen and oxygen atoms in total. The first kappa shape index (κ1) is 23.2. The zero-order valence-electron chi connectivity index (χ0n) is 16.3. The Morgan fingerprint density at radius 1 is 1.16 bits per heavy atom. The summed E-state index contributed by atoms with van der Waals surface area (Å²) in [5, 5.41) is 2.41. The fourth-order valence-corrected chi connectivity index (χ4v) is 4.59. The van der Waals surface area contributed by atoms with Gasteiger partial charge in [-0.25, -0.2) is 8.42 Å². The van der Waals surface area contributed by atoms with E-state index in [1.807, 2.05) is 0 Å². The number of carbonyl (C=O) groups is 1. The lowest BCUT2D eigenvalue weighted by Crippen LogP contribution is -2.40. The molecule has 1 N–H and O–H groups in total. The zero-order chi connectivity index (χ0) is 22.6. The highest BCUT2D eigenvalue weighted by molar-refractivity contribution is 7.89. The van der Waals surface area contributed by atoms with Crippen molar-refractivity contribution in [3.63, 3.8) is 0 Å². The fraction of sp³-hybridized carbons (Fsp3) is 0.316. The van der Waals surface area contributed by atoms with E-state index in [-0.39, 0.29) is 59.0 Å². The van der Waals surface area contributed by atoms with Crippen LogP contribution in [-0.4, -0.2) is 58.7 Å². The summed E-state index contributed by atoms with van der Waals surface area (Å²) in [4.78, 5) is 12.7. The Morgan fingerprint density at radius 3 is 2.45 bits per heavy atom. The summed E-state index contributed by atoms with van der Waals surface area (Å²) in [6.07, 6.45) is 0. The van der Waals surface area contributed by atoms with Gasteiger partial charge in [0.2, 0.25) is 10.0 Å². The summed E-state index contributed by atoms with van der Waals surface area (Å²) in [6.45, 7) is -2.05. The molecule has 1 heterocycles. The van der Waals surface area contributed by atoms with E-state index in [0.29, 0.717) is 0 Å². The SMILES string of the molecule is COc1ccc(S(=O)(=O)N2CCOCC2)cc1C(=O)Nc1ccc(OC(F)F)c(Cl)c1. The third kappa shape index (κ3) is 5.42. The molecule has 0 aliphatic carbocycles. The lowest BCUT2D eigenvalue weighted by molar-refractivity contribution is -0.0497. The van der Waals surface area contributed by atoms with Crippen LogP contribution >= 0.6 is 11.6 Å². The highest BCUT2D eigenvalue weighted by Crippen LogP contribution is 2.30. The maximum Gasteiger partial charge on any atom is 0.387 e. The van der Waals surface area contributed by atoms with Crippen LogP contribution in [0.15, 0.2) is 41.3 Å². The molecule has 1 amide bonds. The maximum absolute atomic E-state index is 12.9. The second kappa shape index (κ2) is 9.77. The number of morpholine rings is 1. The van der Waals surface area contributed by atoms with Crippen molar-refractivity contribution >= 4 is 33.2 Å². The maximum atomic E-state index is 12.9. The molecular formula is C19H19ClF2N2O6S. The molecule has 2 aromatic carbocycles. The first-order valence-corrected chi connectivity index (χ1v) is 10.9. The predicted molar refractivity (Wildman–Crippen MR) is 109 cm³/mol. The molecule has 0 unspecified atom stereocenters. The van der Waals surface area contributed by atoms with E-state index in [2.05, 4.69) is 10.1 Å². The molecule has 0 saturated carbocycles. The molecule has 1 aliphatic rings. The highest BCUT2D eigenvalue weighted by Gasteiger charge is 2.28. The number of nitrogens with zero attached hydrogens (tertiary/aromatic N) is 1. The Bertz CT molecular complexity index is 1060. The molecule has 0 atom stereocenters. The number of nitrogens with one attached hydrogen (secondary N) is 1. The van der Waals surface area contributed by atoms with Gasteiger partial charge < -0.3 is 19.5 Å². The summed E-state index contributed by atoms with van der Waals surface area (Å²) < 4.78 is 66.4. The summed E-state index contributed by atoms with van der Waals surface area (Å²) in [6, 6.07) is 7.69. The van der Waals surface area contributed by atoms with Gasteiger partial charge >= 0.3 is 6.61 Å². The number of rotatable bonds is 7. The molecule has 0 spiro atoms. The molecule has 0 aromatic heterocycles. The summed E-state index contributed by atoms with van der Waals surface area (Å²) >= 11 is 5.90. The first-order valence-electron chi connectivity index (χ1n) is 9.04. The van der Waals surface area contributed by atoms with Crippen LogP contribution in [-0.2, 0) is 14.8 Å². The molecule has 168 valence electrons. The number of sulfonamides is 1. The average molecular weight is 477 g/mol. The van der Waals surface area contributed by atoms with E-state index < -0.39 is 22.5 Å². The third-order valence-corrected chi connectivity index (χ3v) is 6.62. The van der Waals surface area contributed by atoms with Crippen LogP contribution in [0.3, 0.4) is 0 Å². The largest absolute Gasteiger partial charge is 0.496 e. The van der Waals surface area contributed by atoms with Crippen LogP contribution < -0.4 is 14.8 Å². The van der Waals surface area contributed by atoms with Crippen molar-refractivity contribution in [3.05, 3.63) is 47.0 Å². The van der Waals surface area contributed by atoms with Crippen LogP contribution in [0.1, 0.15) is 10.4 Å². The lowest BCUT2D eigenvalue weighted by atomic mass is 10.2. The molecule has 1 saturated heterocycles. The van der Waals surface area contributed by atoms with Crippen molar-refractivity contribution in [1.29, 1.82) is 0 Å². The molecule has 12 heteroatoms. The highest BCUT2D eigenvalue weighted by atomic mass is 35.5. The number of hydrogen-bond acceptors (Lipinski definition) is 6. The van der Waals surface area contributed by atoms with Gasteiger partial charge in [-0.05, 0) is 36.4 Å². The fourth-order valence-electron chi connectivity index (χ4n) is 2.93. The van der Waals surface area contributed by atoms with Crippen molar-refractivity contribution in [3.8, 4) is 11.5 Å². The van der Waals surface area contributed by atoms with Gasteiger partial charge in [0.1, 0.15) is 11.5 Å². The van der Waals surface area contributed by atoms with E-state index in [1.165, 1.54) is 47.8 Å². The van der Waals surface area contributed by atoms with Gasteiger partial charge in [-0.3, -0.25) is 4.79 Å². The smallest absolute Gasteiger partial charge is 0.387 e. The quantitative estimate of drug-likeness (QED) is 0.659. The molecule has 2 aromatic rings. The minimum Gasteiger partial charge on any atom is -0.496 e. The van der Waals surface area contributed by atoms with E-state index in [1.54, 1.807) is 0 Å². The van der Waals surface area contributed by atoms with Crippen LogP contribution in [0.5, 0.6) is 11.5 Å². The number of halogens is 3. The topological polar surface area (TPSA) is 94.2 Å². The molecule has 0 radical (unpaired) electrons. The summed E-state index contributed by atoms with van der Waals surface area (Å²) in [5.74, 6) is -0.762. The summed E-state index contributed by atoms with van der Waals surface area (Å²) in [5.41, 5.74) is 0.168. The second-order valence-electron chi connectivity index (χ2n) is 6.36. The zero-order valence-corrected chi connectivity index (χ0v) is 17.9. The van der Waals surface area contributed by atoms with Gasteiger partial charge in [-0.15, -0.1) is 0 Å². The van der Waals surface area contributed by atoms with Crippen LogP contribution in [0.4, 0.5) is 14.5 Å². The number of ether oxygens (including phenoxy) is 3. The lowest BCUT2D eigenvalue weighted by Gasteiger charge is -2.26. The van der Waals surface area contributed by atoms with Gasteiger partial charge in [-0.1, -0.05) is 11.6 Å². The second-order valence-corrected chi connectivity index (χ2v) is 8.70. The van der Waals surface area contributed by atoms with Gasteiger partial charge in [0.25, 0.3) is 5.91 Å². The number of hydrogen-bond donors (Lipinski definition) is 1. The molecule has 1 aliphatic heterocycles. The van der Waals surface area contributed by atoms with Crippen molar-refractivity contribution < 1.29 is 36.2 Å². The van der Waals surface area contributed by atoms with Gasteiger partial charge in [0.15, 0.2) is 0 Å². The number of carbonyl (C=O) groups excluding carboxylic acids is 1. The number of methoxy groups -OCH3 is 1. The van der Waals surface area contributed by atoms with E-state index in [9.17, 15) is 22.0 Å². The van der Waals surface area contributed by atoms with Gasteiger partial charge in [0, 0.05) is 18.8 Å². The number of alkyl halides is 2. The summed E-state index contributed by atoms with van der Waals surface area (Å²) in [7, 11) is -2.49. The Balaban J connectivity index is 1.86. The first-order chi connectivity index (χ1) is 14.7. The van der Waals surface area contributed by atoms with Crippen LogP contribution in [0.2, 0.25) is 5.02 Å². The molecule has 31 heavy (non-hydrogen) atoms. The Morgan fingerprint density at radius 2 is 1.84 bits per heavy atom. The Hall–Kier alpha value is -2.47. The van der Waals surface area contributed by atoms with Crippen molar-refractivity contribution in [2.24, 2.45) is 0 Å². The van der Waals surface area contributed by atoms with Gasteiger partial charge in [-0.2, -0.15) is 13.1 Å². The average Bonchev–Trinajstić information content (AvgIpc) is 2.75. The number of benzene rings is 2. The molecule has 0 bridgehead atoms. The van der Waals surface area contributed by atoms with Crippen molar-refractivity contribution in [2.75, 3.05) is 38.7 Å². The van der Waals surface area contributed by atoms with E-state index >= 15 is 0 Å². The van der Waals surface area contributed by atoms with Gasteiger partial charge in [0.05, 0.1) is 35.8 Å².